The highest BCUT2D eigenvalue weighted by Gasteiger charge is 2.29. The highest BCUT2D eigenvalue weighted by atomic mass is 35.5. The zero-order valence-corrected chi connectivity index (χ0v) is 15.3. The van der Waals surface area contributed by atoms with Crippen LogP contribution in [-0.2, 0) is 9.53 Å². The summed E-state index contributed by atoms with van der Waals surface area (Å²) in [5, 5.41) is 6.89. The first kappa shape index (κ1) is 17.2. The highest BCUT2D eigenvalue weighted by molar-refractivity contribution is 6.30. The summed E-state index contributed by atoms with van der Waals surface area (Å²) in [6.45, 7) is 0. The van der Waals surface area contributed by atoms with Crippen molar-refractivity contribution in [2.75, 3.05) is 7.11 Å². The Morgan fingerprint density at radius 2 is 1.81 bits per heavy atom. The number of fused-ring (bicyclic) bond motifs is 1. The van der Waals surface area contributed by atoms with Crippen LogP contribution >= 0.6 is 11.6 Å². The number of esters is 1. The van der Waals surface area contributed by atoms with Crippen molar-refractivity contribution < 1.29 is 9.53 Å². The van der Waals surface area contributed by atoms with Crippen LogP contribution in [0, 0.1) is 5.92 Å². The molecule has 1 unspecified atom stereocenters. The van der Waals surface area contributed by atoms with Crippen molar-refractivity contribution in [2.24, 2.45) is 16.0 Å². The molecule has 6 heteroatoms. The first-order valence-electron chi connectivity index (χ1n) is 8.41. The second-order valence-electron chi connectivity index (χ2n) is 6.04. The lowest BCUT2D eigenvalue weighted by Crippen LogP contribution is -2.28. The molecule has 0 N–H and O–H groups in total. The molecule has 0 saturated heterocycles. The fourth-order valence-corrected chi connectivity index (χ4v) is 3.15. The van der Waals surface area contributed by atoms with Gasteiger partial charge in [0.15, 0.2) is 5.82 Å². The Morgan fingerprint density at radius 1 is 1.07 bits per heavy atom. The highest BCUT2D eigenvalue weighted by Crippen LogP contribution is 2.37. The lowest BCUT2D eigenvalue weighted by atomic mass is 9.98. The van der Waals surface area contributed by atoms with E-state index < -0.39 is 5.92 Å². The first-order valence-corrected chi connectivity index (χ1v) is 8.79. The minimum Gasteiger partial charge on any atom is -0.468 e. The summed E-state index contributed by atoms with van der Waals surface area (Å²) in [4.78, 5) is 16.4. The van der Waals surface area contributed by atoms with E-state index in [0.717, 1.165) is 22.4 Å². The summed E-state index contributed by atoms with van der Waals surface area (Å²) in [5.41, 5.74) is 3.78. The van der Waals surface area contributed by atoms with E-state index in [2.05, 4.69) is 10.1 Å². The molecule has 0 fully saturated rings. The van der Waals surface area contributed by atoms with E-state index in [4.69, 9.17) is 16.3 Å². The van der Waals surface area contributed by atoms with E-state index in [1.807, 2.05) is 54.6 Å². The summed E-state index contributed by atoms with van der Waals surface area (Å²) in [5.74, 6) is -0.340. The molecule has 0 radical (unpaired) electrons. The molecule has 134 valence electrons. The third-order valence-electron chi connectivity index (χ3n) is 4.36. The lowest BCUT2D eigenvalue weighted by molar-refractivity contribution is -0.141. The Hall–Kier alpha value is -3.18. The van der Waals surface area contributed by atoms with E-state index in [-0.39, 0.29) is 5.97 Å². The van der Waals surface area contributed by atoms with Gasteiger partial charge >= 0.3 is 5.97 Å². The van der Waals surface area contributed by atoms with Crippen molar-refractivity contribution in [3.05, 3.63) is 82.6 Å². The van der Waals surface area contributed by atoms with Gasteiger partial charge in [-0.25, -0.2) is 10.0 Å². The van der Waals surface area contributed by atoms with Gasteiger partial charge in [-0.1, -0.05) is 54.1 Å². The van der Waals surface area contributed by atoms with Gasteiger partial charge in [0, 0.05) is 28.6 Å². The molecule has 2 aliphatic rings. The van der Waals surface area contributed by atoms with Crippen molar-refractivity contribution >= 4 is 41.3 Å². The lowest BCUT2D eigenvalue weighted by Gasteiger charge is -2.31. The number of aliphatic imine (C=N–C) groups is 1. The van der Waals surface area contributed by atoms with Crippen molar-refractivity contribution in [2.45, 2.75) is 0 Å². The minimum atomic E-state index is -0.553. The molecule has 0 aromatic heterocycles. The molecule has 0 bridgehead atoms. The van der Waals surface area contributed by atoms with Gasteiger partial charge in [-0.15, -0.1) is 0 Å². The number of hydrazone groups is 1. The number of ether oxygens (including phenoxy) is 1. The summed E-state index contributed by atoms with van der Waals surface area (Å²) in [6.07, 6.45) is 5.11. The van der Waals surface area contributed by atoms with Crippen LogP contribution in [0.3, 0.4) is 0 Å². The molecule has 2 aromatic rings. The number of carbonyl (C=O) groups is 1. The standard InChI is InChI=1S/C21H16ClN3O2/c1-27-21(26)16-11-19-23-13-18(14-5-3-2-4-6-14)20(25(19)24-12-16)15-7-9-17(22)10-8-15/h2-13,16H,1H3. The van der Waals surface area contributed by atoms with Gasteiger partial charge in [-0.3, -0.25) is 4.79 Å². The first-order chi connectivity index (χ1) is 13.2. The Morgan fingerprint density at radius 3 is 2.52 bits per heavy atom. The van der Waals surface area contributed by atoms with Crippen molar-refractivity contribution in [3.8, 4) is 0 Å². The van der Waals surface area contributed by atoms with Crippen LogP contribution in [0.4, 0.5) is 0 Å². The number of halogens is 1. The Bertz CT molecular complexity index is 992. The quantitative estimate of drug-likeness (QED) is 0.752. The van der Waals surface area contributed by atoms with E-state index in [0.29, 0.717) is 10.8 Å². The van der Waals surface area contributed by atoms with Crippen molar-refractivity contribution in [3.63, 3.8) is 0 Å². The average molecular weight is 378 g/mol. The molecule has 0 aliphatic carbocycles. The van der Waals surface area contributed by atoms with Gasteiger partial charge in [-0.05, 0) is 23.8 Å². The SMILES string of the molecule is COC(=O)C1C=NN2C(=C1)N=CC(c1ccccc1)=C2c1ccc(Cl)cc1. The van der Waals surface area contributed by atoms with Crippen LogP contribution in [0.1, 0.15) is 11.1 Å². The maximum atomic E-state index is 11.9. The molecule has 1 atom stereocenters. The normalized spacial score (nSPS) is 18.2. The van der Waals surface area contributed by atoms with E-state index >= 15 is 0 Å². The second kappa shape index (κ2) is 7.21. The predicted molar refractivity (Wildman–Crippen MR) is 107 cm³/mol. The van der Waals surface area contributed by atoms with Crippen LogP contribution in [-0.4, -0.2) is 30.5 Å². The molecular formula is C21H16ClN3O2. The molecular weight excluding hydrogens is 362 g/mol. The molecule has 2 aromatic carbocycles. The van der Waals surface area contributed by atoms with E-state index in [1.165, 1.54) is 7.11 Å². The Kier molecular flexibility index (Phi) is 4.60. The van der Waals surface area contributed by atoms with Gasteiger partial charge in [0.2, 0.25) is 0 Å². The molecule has 0 amide bonds. The molecule has 4 rings (SSSR count). The summed E-state index contributed by atoms with van der Waals surface area (Å²) < 4.78 is 4.81. The molecule has 5 nitrogen and oxygen atoms in total. The monoisotopic (exact) mass is 377 g/mol. The van der Waals surface area contributed by atoms with Crippen LogP contribution in [0.5, 0.6) is 0 Å². The summed E-state index contributed by atoms with van der Waals surface area (Å²) >= 11 is 6.06. The third-order valence-corrected chi connectivity index (χ3v) is 4.61. The largest absolute Gasteiger partial charge is 0.468 e. The van der Waals surface area contributed by atoms with Crippen molar-refractivity contribution in [1.29, 1.82) is 0 Å². The second-order valence-corrected chi connectivity index (χ2v) is 6.48. The van der Waals surface area contributed by atoms with Crippen LogP contribution < -0.4 is 0 Å². The van der Waals surface area contributed by atoms with Crippen LogP contribution in [0.15, 0.2) is 76.6 Å². The molecule has 0 spiro atoms. The smallest absolute Gasteiger partial charge is 0.318 e. The fraction of sp³-hybridized carbons (Fsp3) is 0.0952. The van der Waals surface area contributed by atoms with Gasteiger partial charge in [0.1, 0.15) is 5.92 Å². The number of methoxy groups -OCH3 is 1. The Balaban J connectivity index is 1.85. The third kappa shape index (κ3) is 3.29. The number of hydrogen-bond acceptors (Lipinski definition) is 5. The summed E-state index contributed by atoms with van der Waals surface area (Å²) in [7, 11) is 1.36. The van der Waals surface area contributed by atoms with Gasteiger partial charge in [0.25, 0.3) is 0 Å². The number of hydrogen-bond donors (Lipinski definition) is 0. The number of nitrogens with zero attached hydrogens (tertiary/aromatic N) is 3. The molecule has 27 heavy (non-hydrogen) atoms. The molecule has 0 saturated carbocycles. The summed E-state index contributed by atoms with van der Waals surface area (Å²) in [6, 6.07) is 17.5. The number of benzene rings is 2. The maximum Gasteiger partial charge on any atom is 0.318 e. The van der Waals surface area contributed by atoms with E-state index in [9.17, 15) is 4.79 Å². The van der Waals surface area contributed by atoms with Gasteiger partial charge in [-0.2, -0.15) is 5.10 Å². The predicted octanol–water partition coefficient (Wildman–Crippen LogP) is 4.22. The number of carbonyl (C=O) groups excluding carboxylic acids is 1. The minimum absolute atomic E-state index is 0.369. The molecule has 2 aliphatic heterocycles. The van der Waals surface area contributed by atoms with Crippen molar-refractivity contribution in [1.82, 2.24) is 5.01 Å². The van der Waals surface area contributed by atoms with E-state index in [1.54, 1.807) is 23.5 Å². The number of rotatable bonds is 3. The number of allylic oxidation sites excluding steroid dienone is 1. The Labute approximate surface area is 161 Å². The zero-order chi connectivity index (χ0) is 18.8. The van der Waals surface area contributed by atoms with Crippen LogP contribution in [0.25, 0.3) is 11.3 Å². The topological polar surface area (TPSA) is 54.3 Å². The van der Waals surface area contributed by atoms with Crippen LogP contribution in [0.2, 0.25) is 5.02 Å². The zero-order valence-electron chi connectivity index (χ0n) is 14.5. The molecule has 2 heterocycles. The van der Waals surface area contributed by atoms with Gasteiger partial charge < -0.3 is 4.74 Å². The maximum absolute atomic E-state index is 11.9. The average Bonchev–Trinajstić information content (AvgIpc) is 2.73. The fourth-order valence-electron chi connectivity index (χ4n) is 3.03. The van der Waals surface area contributed by atoms with Gasteiger partial charge in [0.05, 0.1) is 12.8 Å².